The molecule has 0 aliphatic carbocycles. The monoisotopic (exact) mass is 287 g/mol. The van der Waals surface area contributed by atoms with Gasteiger partial charge in [0, 0.05) is 26.0 Å². The quantitative estimate of drug-likeness (QED) is 0.870. The van der Waals surface area contributed by atoms with Crippen LogP contribution in [0.2, 0.25) is 0 Å². The highest BCUT2D eigenvalue weighted by Gasteiger charge is 2.17. The number of carbonyl (C=O) groups excluding carboxylic acids is 1. The molecule has 6 nitrogen and oxygen atoms in total. The largest absolute Gasteiger partial charge is 0.506 e. The third-order valence-corrected chi connectivity index (χ3v) is 2.90. The van der Waals surface area contributed by atoms with E-state index in [1.54, 1.807) is 18.2 Å². The fourth-order valence-corrected chi connectivity index (χ4v) is 1.87. The second-order valence-corrected chi connectivity index (χ2v) is 4.47. The van der Waals surface area contributed by atoms with E-state index in [1.807, 2.05) is 18.2 Å². The van der Waals surface area contributed by atoms with Crippen molar-refractivity contribution in [3.05, 3.63) is 54.1 Å². The highest BCUT2D eigenvalue weighted by atomic mass is 16.5. The van der Waals surface area contributed by atoms with Crippen LogP contribution >= 0.6 is 0 Å². The highest BCUT2D eigenvalue weighted by Crippen LogP contribution is 2.12. The summed E-state index contributed by atoms with van der Waals surface area (Å²) >= 11 is 0. The summed E-state index contributed by atoms with van der Waals surface area (Å²) in [6, 6.07) is 6.95. The SMILES string of the molecule is COCCN(Cc1ccccn1)C(=O)c1cncc(O)c1. The number of rotatable bonds is 6. The Hall–Kier alpha value is -2.47. The minimum atomic E-state index is -0.221. The van der Waals surface area contributed by atoms with E-state index < -0.39 is 0 Å². The van der Waals surface area contributed by atoms with Gasteiger partial charge in [0.15, 0.2) is 0 Å². The minimum Gasteiger partial charge on any atom is -0.506 e. The highest BCUT2D eigenvalue weighted by molar-refractivity contribution is 5.94. The van der Waals surface area contributed by atoms with Gasteiger partial charge in [-0.3, -0.25) is 14.8 Å². The molecule has 2 heterocycles. The van der Waals surface area contributed by atoms with Gasteiger partial charge >= 0.3 is 0 Å². The van der Waals surface area contributed by atoms with Gasteiger partial charge in [0.2, 0.25) is 0 Å². The van der Waals surface area contributed by atoms with Crippen molar-refractivity contribution in [3.8, 4) is 5.75 Å². The second kappa shape index (κ2) is 7.35. The lowest BCUT2D eigenvalue weighted by Gasteiger charge is -2.22. The fourth-order valence-electron chi connectivity index (χ4n) is 1.87. The zero-order chi connectivity index (χ0) is 15.1. The molecule has 6 heteroatoms. The third kappa shape index (κ3) is 4.25. The van der Waals surface area contributed by atoms with Crippen LogP contribution in [-0.2, 0) is 11.3 Å². The summed E-state index contributed by atoms with van der Waals surface area (Å²) in [5.74, 6) is -0.258. The van der Waals surface area contributed by atoms with Crippen molar-refractivity contribution in [2.24, 2.45) is 0 Å². The van der Waals surface area contributed by atoms with Gasteiger partial charge in [0.05, 0.1) is 30.6 Å². The average molecular weight is 287 g/mol. The number of nitrogens with zero attached hydrogens (tertiary/aromatic N) is 3. The number of amides is 1. The van der Waals surface area contributed by atoms with E-state index in [0.29, 0.717) is 25.3 Å². The molecule has 2 aromatic heterocycles. The average Bonchev–Trinajstić information content (AvgIpc) is 2.51. The van der Waals surface area contributed by atoms with Crippen LogP contribution in [0.25, 0.3) is 0 Å². The standard InChI is InChI=1S/C15H17N3O3/c1-21-7-6-18(11-13-4-2-3-5-17-13)15(20)12-8-14(19)10-16-9-12/h2-5,8-10,19H,6-7,11H2,1H3. The summed E-state index contributed by atoms with van der Waals surface area (Å²) in [6.45, 7) is 1.23. The van der Waals surface area contributed by atoms with Gasteiger partial charge in [0.25, 0.3) is 5.91 Å². The molecule has 21 heavy (non-hydrogen) atoms. The number of methoxy groups -OCH3 is 1. The smallest absolute Gasteiger partial charge is 0.255 e. The molecule has 0 atom stereocenters. The first-order chi connectivity index (χ1) is 10.2. The summed E-state index contributed by atoms with van der Waals surface area (Å²) in [4.78, 5) is 22.2. The predicted octanol–water partition coefficient (Wildman–Crippen LogP) is 1.47. The molecule has 2 rings (SSSR count). The van der Waals surface area contributed by atoms with E-state index in [0.717, 1.165) is 5.69 Å². The molecular formula is C15H17N3O3. The molecule has 1 N–H and O–H groups in total. The Morgan fingerprint density at radius 1 is 1.38 bits per heavy atom. The molecule has 2 aromatic rings. The Balaban J connectivity index is 2.17. The molecule has 0 radical (unpaired) electrons. The first kappa shape index (κ1) is 14.9. The minimum absolute atomic E-state index is 0.0367. The third-order valence-electron chi connectivity index (χ3n) is 2.90. The number of aromatic hydroxyl groups is 1. The Labute approximate surface area is 123 Å². The maximum Gasteiger partial charge on any atom is 0.255 e. The van der Waals surface area contributed by atoms with Crippen LogP contribution in [-0.4, -0.2) is 46.1 Å². The predicted molar refractivity (Wildman–Crippen MR) is 76.8 cm³/mol. The van der Waals surface area contributed by atoms with Gasteiger partial charge in [-0.05, 0) is 18.2 Å². The van der Waals surface area contributed by atoms with E-state index in [1.165, 1.54) is 18.5 Å². The fraction of sp³-hybridized carbons (Fsp3) is 0.267. The van der Waals surface area contributed by atoms with Crippen LogP contribution in [0, 0.1) is 0 Å². The lowest BCUT2D eigenvalue weighted by Crippen LogP contribution is -2.33. The van der Waals surface area contributed by atoms with Crippen molar-refractivity contribution in [3.63, 3.8) is 0 Å². The van der Waals surface area contributed by atoms with Crippen LogP contribution < -0.4 is 0 Å². The van der Waals surface area contributed by atoms with Gasteiger partial charge in [-0.25, -0.2) is 0 Å². The van der Waals surface area contributed by atoms with E-state index in [2.05, 4.69) is 9.97 Å². The van der Waals surface area contributed by atoms with E-state index in [-0.39, 0.29) is 11.7 Å². The van der Waals surface area contributed by atoms with Gasteiger partial charge in [-0.15, -0.1) is 0 Å². The molecule has 0 unspecified atom stereocenters. The summed E-state index contributed by atoms with van der Waals surface area (Å²) in [6.07, 6.45) is 4.40. The topological polar surface area (TPSA) is 75.5 Å². The Kier molecular flexibility index (Phi) is 5.22. The first-order valence-electron chi connectivity index (χ1n) is 6.53. The van der Waals surface area contributed by atoms with Crippen molar-refractivity contribution in [1.29, 1.82) is 0 Å². The molecule has 0 spiro atoms. The van der Waals surface area contributed by atoms with Crippen molar-refractivity contribution < 1.29 is 14.6 Å². The van der Waals surface area contributed by atoms with E-state index in [9.17, 15) is 9.90 Å². The molecule has 0 aliphatic rings. The normalized spacial score (nSPS) is 10.3. The van der Waals surface area contributed by atoms with E-state index in [4.69, 9.17) is 4.74 Å². The van der Waals surface area contributed by atoms with Crippen LogP contribution in [0.15, 0.2) is 42.9 Å². The maximum absolute atomic E-state index is 12.5. The number of hydrogen-bond acceptors (Lipinski definition) is 5. The molecule has 0 fully saturated rings. The number of hydrogen-bond donors (Lipinski definition) is 1. The van der Waals surface area contributed by atoms with Crippen LogP contribution in [0.3, 0.4) is 0 Å². The van der Waals surface area contributed by atoms with Crippen LogP contribution in [0.4, 0.5) is 0 Å². The summed E-state index contributed by atoms with van der Waals surface area (Å²) in [7, 11) is 1.58. The summed E-state index contributed by atoms with van der Waals surface area (Å²) in [5, 5.41) is 9.44. The van der Waals surface area contributed by atoms with Crippen molar-refractivity contribution in [2.45, 2.75) is 6.54 Å². The number of pyridine rings is 2. The summed E-state index contributed by atoms with van der Waals surface area (Å²) < 4.78 is 5.04. The second-order valence-electron chi connectivity index (χ2n) is 4.47. The molecule has 110 valence electrons. The zero-order valence-corrected chi connectivity index (χ0v) is 11.8. The van der Waals surface area contributed by atoms with Gasteiger partial charge in [-0.2, -0.15) is 0 Å². The van der Waals surface area contributed by atoms with Crippen molar-refractivity contribution in [1.82, 2.24) is 14.9 Å². The summed E-state index contributed by atoms with van der Waals surface area (Å²) in [5.41, 5.74) is 1.12. The van der Waals surface area contributed by atoms with Crippen LogP contribution in [0.5, 0.6) is 5.75 Å². The molecule has 0 saturated heterocycles. The lowest BCUT2D eigenvalue weighted by molar-refractivity contribution is 0.0677. The Bertz CT molecular complexity index is 590. The van der Waals surface area contributed by atoms with Gasteiger partial charge in [-0.1, -0.05) is 6.07 Å². The Morgan fingerprint density at radius 2 is 2.24 bits per heavy atom. The van der Waals surface area contributed by atoms with Gasteiger partial charge in [0.1, 0.15) is 5.75 Å². The molecular weight excluding hydrogens is 270 g/mol. The maximum atomic E-state index is 12.5. The zero-order valence-electron chi connectivity index (χ0n) is 11.8. The number of ether oxygens (including phenoxy) is 1. The lowest BCUT2D eigenvalue weighted by atomic mass is 10.2. The van der Waals surface area contributed by atoms with Gasteiger partial charge < -0.3 is 14.7 Å². The Morgan fingerprint density at radius 3 is 2.90 bits per heavy atom. The van der Waals surface area contributed by atoms with Crippen molar-refractivity contribution >= 4 is 5.91 Å². The molecule has 0 saturated carbocycles. The van der Waals surface area contributed by atoms with Crippen molar-refractivity contribution in [2.75, 3.05) is 20.3 Å². The molecule has 0 aromatic carbocycles. The van der Waals surface area contributed by atoms with E-state index >= 15 is 0 Å². The molecule has 0 aliphatic heterocycles. The number of aromatic nitrogens is 2. The molecule has 1 amide bonds. The first-order valence-corrected chi connectivity index (χ1v) is 6.53. The number of carbonyl (C=O) groups is 1. The molecule has 0 bridgehead atoms. The van der Waals surface area contributed by atoms with Crippen LogP contribution in [0.1, 0.15) is 16.1 Å².